The molecule has 2 rings (SSSR count). The Balaban J connectivity index is 2.31. The van der Waals surface area contributed by atoms with E-state index in [4.69, 9.17) is 0 Å². The Labute approximate surface area is 118 Å². The molecule has 1 aromatic carbocycles. The normalized spacial score (nSPS) is 10.5. The highest BCUT2D eigenvalue weighted by atomic mass is 32.2. The van der Waals surface area contributed by atoms with Gasteiger partial charge in [0.1, 0.15) is 22.5 Å². The van der Waals surface area contributed by atoms with Crippen molar-refractivity contribution in [2.45, 2.75) is 15.1 Å². The zero-order valence-electron chi connectivity index (χ0n) is 10.3. The van der Waals surface area contributed by atoms with Crippen LogP contribution in [0.1, 0.15) is 0 Å². The van der Waals surface area contributed by atoms with Crippen molar-refractivity contribution in [2.75, 3.05) is 18.6 Å². The Bertz CT molecular complexity index is 571. The molecule has 7 heteroatoms. The Morgan fingerprint density at radius 1 is 1.16 bits per heavy atom. The van der Waals surface area contributed by atoms with Gasteiger partial charge < -0.3 is 5.32 Å². The molecule has 0 saturated heterocycles. The minimum absolute atomic E-state index is 0.328. The van der Waals surface area contributed by atoms with Crippen LogP contribution in [0.5, 0.6) is 0 Å². The van der Waals surface area contributed by atoms with Gasteiger partial charge in [-0.15, -0.1) is 0 Å². The maximum atomic E-state index is 13.6. The Morgan fingerprint density at radius 2 is 1.95 bits per heavy atom. The summed E-state index contributed by atoms with van der Waals surface area (Å²) in [7, 11) is 1.75. The summed E-state index contributed by atoms with van der Waals surface area (Å²) in [4.78, 5) is 8.82. The third-order valence-corrected chi connectivity index (χ3v) is 3.75. The lowest BCUT2D eigenvalue weighted by molar-refractivity contribution is 0.565. The van der Waals surface area contributed by atoms with Crippen LogP contribution in [0.15, 0.2) is 39.3 Å². The molecule has 0 radical (unpaired) electrons. The van der Waals surface area contributed by atoms with Crippen LogP contribution in [0.2, 0.25) is 0 Å². The highest BCUT2D eigenvalue weighted by Crippen LogP contribution is 2.30. The number of rotatable bonds is 4. The summed E-state index contributed by atoms with van der Waals surface area (Å²) in [5, 5.41) is 4.12. The molecule has 0 aliphatic heterocycles. The molecule has 0 amide bonds. The average Bonchev–Trinajstić information content (AvgIpc) is 2.41. The minimum Gasteiger partial charge on any atom is -0.373 e. The molecular weight excluding hydrogens is 288 g/mol. The number of nitrogens with zero attached hydrogens (tertiary/aromatic N) is 2. The standard InChI is InChI=1S/C12H11F2N3S2/c1-15-10-6-11(17-12(16-10)18-2)19-9-4-3-7(13)5-8(9)14/h3-6H,1-2H3,(H,15,16,17). The third-order valence-electron chi connectivity index (χ3n) is 2.23. The Morgan fingerprint density at radius 3 is 2.58 bits per heavy atom. The van der Waals surface area contributed by atoms with Gasteiger partial charge in [-0.25, -0.2) is 18.7 Å². The van der Waals surface area contributed by atoms with Crippen LogP contribution in [-0.2, 0) is 0 Å². The second-order valence-corrected chi connectivity index (χ2v) is 5.34. The van der Waals surface area contributed by atoms with Gasteiger partial charge in [0, 0.05) is 24.1 Å². The van der Waals surface area contributed by atoms with Crippen LogP contribution in [-0.4, -0.2) is 23.3 Å². The molecule has 1 heterocycles. The minimum atomic E-state index is -0.597. The van der Waals surface area contributed by atoms with Crippen LogP contribution < -0.4 is 5.32 Å². The van der Waals surface area contributed by atoms with Gasteiger partial charge in [-0.05, 0) is 18.4 Å². The maximum Gasteiger partial charge on any atom is 0.190 e. The average molecular weight is 299 g/mol. The second-order valence-electron chi connectivity index (χ2n) is 3.50. The molecule has 0 aliphatic carbocycles. The van der Waals surface area contributed by atoms with E-state index >= 15 is 0 Å². The zero-order valence-corrected chi connectivity index (χ0v) is 11.9. The fourth-order valence-corrected chi connectivity index (χ4v) is 2.60. The van der Waals surface area contributed by atoms with Crippen LogP contribution in [0, 0.1) is 11.6 Å². The molecule has 100 valence electrons. The van der Waals surface area contributed by atoms with Crippen molar-refractivity contribution in [2.24, 2.45) is 0 Å². The predicted molar refractivity (Wildman–Crippen MR) is 73.8 cm³/mol. The van der Waals surface area contributed by atoms with Crippen molar-refractivity contribution in [1.82, 2.24) is 9.97 Å². The molecule has 0 aliphatic rings. The van der Waals surface area contributed by atoms with Crippen LogP contribution in [0.3, 0.4) is 0 Å². The SMILES string of the molecule is CNc1cc(Sc2ccc(F)cc2F)nc(SC)n1. The van der Waals surface area contributed by atoms with E-state index < -0.39 is 11.6 Å². The third kappa shape index (κ3) is 3.57. The first-order valence-corrected chi connectivity index (χ1v) is 7.40. The molecule has 1 N–H and O–H groups in total. The molecule has 0 atom stereocenters. The Hall–Kier alpha value is -1.34. The highest BCUT2D eigenvalue weighted by molar-refractivity contribution is 7.99. The van der Waals surface area contributed by atoms with Crippen LogP contribution >= 0.6 is 23.5 Å². The number of thioether (sulfide) groups is 1. The summed E-state index contributed by atoms with van der Waals surface area (Å²) in [6, 6.07) is 5.20. The molecular formula is C12H11F2N3S2. The fourth-order valence-electron chi connectivity index (χ4n) is 1.35. The lowest BCUT2D eigenvalue weighted by Crippen LogP contribution is -1.97. The van der Waals surface area contributed by atoms with Gasteiger partial charge in [0.25, 0.3) is 0 Å². The largest absolute Gasteiger partial charge is 0.373 e. The lowest BCUT2D eigenvalue weighted by Gasteiger charge is -2.06. The van der Waals surface area contributed by atoms with Gasteiger partial charge in [0.15, 0.2) is 5.16 Å². The molecule has 0 saturated carbocycles. The first-order chi connectivity index (χ1) is 9.12. The number of hydrogen-bond acceptors (Lipinski definition) is 5. The van der Waals surface area contributed by atoms with Crippen molar-refractivity contribution < 1.29 is 8.78 Å². The quantitative estimate of drug-likeness (QED) is 0.530. The number of nitrogens with one attached hydrogen (secondary N) is 1. The highest BCUT2D eigenvalue weighted by Gasteiger charge is 2.09. The van der Waals surface area contributed by atoms with E-state index in [0.717, 1.165) is 17.8 Å². The summed E-state index contributed by atoms with van der Waals surface area (Å²) in [6.07, 6.45) is 1.86. The molecule has 1 aromatic heterocycles. The van der Waals surface area contributed by atoms with Gasteiger partial charge in [-0.2, -0.15) is 0 Å². The molecule has 3 nitrogen and oxygen atoms in total. The number of hydrogen-bond donors (Lipinski definition) is 1. The zero-order chi connectivity index (χ0) is 13.8. The van der Waals surface area contributed by atoms with Gasteiger partial charge in [0.2, 0.25) is 0 Å². The maximum absolute atomic E-state index is 13.6. The molecule has 0 fully saturated rings. The second kappa shape index (κ2) is 6.21. The van der Waals surface area contributed by atoms with Crippen molar-refractivity contribution in [1.29, 1.82) is 0 Å². The van der Waals surface area contributed by atoms with E-state index in [9.17, 15) is 8.78 Å². The molecule has 0 unspecified atom stereocenters. The lowest BCUT2D eigenvalue weighted by atomic mass is 10.3. The molecule has 0 spiro atoms. The van der Waals surface area contributed by atoms with Crippen molar-refractivity contribution in [3.05, 3.63) is 35.9 Å². The van der Waals surface area contributed by atoms with E-state index in [2.05, 4.69) is 15.3 Å². The molecule has 0 bridgehead atoms. The predicted octanol–water partition coefficient (Wildman–Crippen LogP) is 3.67. The number of anilines is 1. The monoisotopic (exact) mass is 299 g/mol. The van der Waals surface area contributed by atoms with Crippen molar-refractivity contribution in [3.63, 3.8) is 0 Å². The number of halogens is 2. The van der Waals surface area contributed by atoms with E-state index in [1.807, 2.05) is 6.26 Å². The smallest absolute Gasteiger partial charge is 0.190 e. The molecule has 2 aromatic rings. The fraction of sp³-hybridized carbons (Fsp3) is 0.167. The first-order valence-electron chi connectivity index (χ1n) is 5.36. The summed E-state index contributed by atoms with van der Waals surface area (Å²) in [5.41, 5.74) is 0. The molecule has 19 heavy (non-hydrogen) atoms. The summed E-state index contributed by atoms with van der Waals surface area (Å²) in [6.45, 7) is 0. The van der Waals surface area contributed by atoms with Gasteiger partial charge in [0.05, 0.1) is 0 Å². The number of benzene rings is 1. The Kier molecular flexibility index (Phi) is 4.60. The van der Waals surface area contributed by atoms with E-state index in [-0.39, 0.29) is 0 Å². The summed E-state index contributed by atoms with van der Waals surface area (Å²) in [5.74, 6) is -0.532. The van der Waals surface area contributed by atoms with Gasteiger partial charge in [-0.3, -0.25) is 0 Å². The van der Waals surface area contributed by atoms with Gasteiger partial charge >= 0.3 is 0 Å². The summed E-state index contributed by atoms with van der Waals surface area (Å²) < 4.78 is 26.4. The topological polar surface area (TPSA) is 37.8 Å². The van der Waals surface area contributed by atoms with Crippen molar-refractivity contribution in [3.8, 4) is 0 Å². The van der Waals surface area contributed by atoms with Crippen LogP contribution in [0.25, 0.3) is 0 Å². The summed E-state index contributed by atoms with van der Waals surface area (Å²) >= 11 is 2.54. The first kappa shape index (κ1) is 14.1. The van der Waals surface area contributed by atoms with E-state index in [0.29, 0.717) is 20.9 Å². The van der Waals surface area contributed by atoms with Gasteiger partial charge in [-0.1, -0.05) is 23.5 Å². The number of aromatic nitrogens is 2. The van der Waals surface area contributed by atoms with Crippen molar-refractivity contribution >= 4 is 29.3 Å². The van der Waals surface area contributed by atoms with E-state index in [1.165, 1.54) is 23.9 Å². The van der Waals surface area contributed by atoms with Crippen LogP contribution in [0.4, 0.5) is 14.6 Å². The van der Waals surface area contributed by atoms with E-state index in [1.54, 1.807) is 13.1 Å².